The SMILES string of the molecule is O=C(O)CCC(=O)Cn1ccc2ccc(C3CCCCC3)cc21. The Morgan fingerprint density at radius 1 is 1.09 bits per heavy atom. The van der Waals surface area contributed by atoms with Gasteiger partial charge in [0, 0.05) is 18.1 Å². The first kappa shape index (κ1) is 15.8. The second-order valence-electron chi connectivity index (χ2n) is 6.53. The van der Waals surface area contributed by atoms with Crippen LogP contribution in [0.25, 0.3) is 10.9 Å². The van der Waals surface area contributed by atoms with E-state index in [1.807, 2.05) is 16.8 Å². The number of carboxylic acid groups (broad SMARTS) is 1. The molecule has 23 heavy (non-hydrogen) atoms. The zero-order valence-electron chi connectivity index (χ0n) is 13.3. The van der Waals surface area contributed by atoms with Gasteiger partial charge in [0.1, 0.15) is 0 Å². The van der Waals surface area contributed by atoms with Crippen molar-refractivity contribution in [2.24, 2.45) is 0 Å². The Hall–Kier alpha value is -2.10. The van der Waals surface area contributed by atoms with Gasteiger partial charge in [-0.1, -0.05) is 31.4 Å². The number of hydrogen-bond acceptors (Lipinski definition) is 2. The van der Waals surface area contributed by atoms with Gasteiger partial charge in [0.25, 0.3) is 0 Å². The summed E-state index contributed by atoms with van der Waals surface area (Å²) in [6.07, 6.45) is 8.38. The first-order chi connectivity index (χ1) is 11.1. The third kappa shape index (κ3) is 3.81. The number of ketones is 1. The van der Waals surface area contributed by atoms with E-state index in [9.17, 15) is 9.59 Å². The second-order valence-corrected chi connectivity index (χ2v) is 6.53. The van der Waals surface area contributed by atoms with Crippen molar-refractivity contribution in [1.82, 2.24) is 4.57 Å². The van der Waals surface area contributed by atoms with E-state index >= 15 is 0 Å². The van der Waals surface area contributed by atoms with Gasteiger partial charge in [0.2, 0.25) is 0 Å². The van der Waals surface area contributed by atoms with Gasteiger partial charge in [-0.25, -0.2) is 0 Å². The standard InChI is InChI=1S/C19H23NO3/c21-17(8-9-19(22)23)13-20-11-10-15-6-7-16(12-18(15)20)14-4-2-1-3-5-14/h6-7,10-12,14H,1-5,8-9,13H2,(H,22,23). The lowest BCUT2D eigenvalue weighted by Crippen LogP contribution is -2.11. The van der Waals surface area contributed by atoms with E-state index in [4.69, 9.17) is 5.11 Å². The molecule has 0 saturated heterocycles. The number of hydrogen-bond donors (Lipinski definition) is 1. The van der Waals surface area contributed by atoms with Crippen LogP contribution in [0.5, 0.6) is 0 Å². The zero-order valence-corrected chi connectivity index (χ0v) is 13.3. The van der Waals surface area contributed by atoms with E-state index in [1.54, 1.807) is 0 Å². The van der Waals surface area contributed by atoms with Gasteiger partial charge >= 0.3 is 5.97 Å². The Morgan fingerprint density at radius 2 is 1.87 bits per heavy atom. The average Bonchev–Trinajstić information content (AvgIpc) is 2.96. The molecule has 1 aliphatic rings. The predicted octanol–water partition coefficient (Wildman–Crippen LogP) is 4.12. The highest BCUT2D eigenvalue weighted by Crippen LogP contribution is 2.34. The van der Waals surface area contributed by atoms with E-state index in [0.717, 1.165) is 10.9 Å². The zero-order chi connectivity index (χ0) is 16.2. The molecule has 4 heteroatoms. The van der Waals surface area contributed by atoms with Crippen LogP contribution in [0.1, 0.15) is 56.4 Å². The van der Waals surface area contributed by atoms with Crippen LogP contribution in [-0.2, 0) is 16.1 Å². The highest BCUT2D eigenvalue weighted by Gasteiger charge is 2.16. The maximum Gasteiger partial charge on any atom is 0.303 e. The monoisotopic (exact) mass is 313 g/mol. The molecule has 3 rings (SSSR count). The van der Waals surface area contributed by atoms with Crippen LogP contribution in [0.4, 0.5) is 0 Å². The fraction of sp³-hybridized carbons (Fsp3) is 0.474. The van der Waals surface area contributed by atoms with Gasteiger partial charge < -0.3 is 9.67 Å². The Kier molecular flexibility index (Phi) is 4.79. The highest BCUT2D eigenvalue weighted by atomic mass is 16.4. The van der Waals surface area contributed by atoms with Gasteiger partial charge in [-0.2, -0.15) is 0 Å². The molecule has 0 radical (unpaired) electrons. The predicted molar refractivity (Wildman–Crippen MR) is 89.6 cm³/mol. The van der Waals surface area contributed by atoms with E-state index < -0.39 is 5.97 Å². The van der Waals surface area contributed by atoms with Crippen LogP contribution in [0, 0.1) is 0 Å². The normalized spacial score (nSPS) is 15.8. The number of nitrogens with zero attached hydrogens (tertiary/aromatic N) is 1. The van der Waals surface area contributed by atoms with Gasteiger partial charge in [0.15, 0.2) is 5.78 Å². The minimum absolute atomic E-state index is 0.0343. The topological polar surface area (TPSA) is 59.3 Å². The summed E-state index contributed by atoms with van der Waals surface area (Å²) in [4.78, 5) is 22.5. The number of aliphatic carboxylic acids is 1. The molecular weight excluding hydrogens is 290 g/mol. The van der Waals surface area contributed by atoms with Crippen LogP contribution in [-0.4, -0.2) is 21.4 Å². The number of rotatable bonds is 6. The summed E-state index contributed by atoms with van der Waals surface area (Å²) >= 11 is 0. The van der Waals surface area contributed by atoms with Crippen LogP contribution < -0.4 is 0 Å². The second kappa shape index (κ2) is 6.99. The molecule has 1 aromatic carbocycles. The lowest BCUT2D eigenvalue weighted by Gasteiger charge is -2.22. The fourth-order valence-electron chi connectivity index (χ4n) is 3.54. The van der Waals surface area contributed by atoms with Crippen LogP contribution in [0.3, 0.4) is 0 Å². The molecule has 0 unspecified atom stereocenters. The largest absolute Gasteiger partial charge is 0.481 e. The molecular formula is C19H23NO3. The van der Waals surface area contributed by atoms with Gasteiger partial charge in [-0.15, -0.1) is 0 Å². The third-order valence-corrected chi connectivity index (χ3v) is 4.84. The molecule has 0 spiro atoms. The maximum absolute atomic E-state index is 12.0. The molecule has 122 valence electrons. The summed E-state index contributed by atoms with van der Waals surface area (Å²) < 4.78 is 1.95. The molecule has 1 aliphatic carbocycles. The molecule has 2 aromatic rings. The molecule has 1 saturated carbocycles. The molecule has 1 N–H and O–H groups in total. The first-order valence-corrected chi connectivity index (χ1v) is 8.46. The minimum Gasteiger partial charge on any atom is -0.481 e. The maximum atomic E-state index is 12.0. The van der Waals surface area contributed by atoms with Gasteiger partial charge in [-0.05, 0) is 41.8 Å². The quantitative estimate of drug-likeness (QED) is 0.872. The number of carbonyl (C=O) groups excluding carboxylic acids is 1. The summed E-state index contributed by atoms with van der Waals surface area (Å²) in [6, 6.07) is 8.59. The molecule has 1 aromatic heterocycles. The Bertz CT molecular complexity index is 710. The Labute approximate surface area is 136 Å². The first-order valence-electron chi connectivity index (χ1n) is 8.46. The smallest absolute Gasteiger partial charge is 0.303 e. The molecule has 0 atom stereocenters. The lowest BCUT2D eigenvalue weighted by molar-refractivity contribution is -0.138. The Balaban J connectivity index is 1.78. The van der Waals surface area contributed by atoms with Crippen LogP contribution >= 0.6 is 0 Å². The van der Waals surface area contributed by atoms with Crippen molar-refractivity contribution in [2.75, 3.05) is 0 Å². The molecule has 0 bridgehead atoms. The average molecular weight is 313 g/mol. The molecule has 4 nitrogen and oxygen atoms in total. The van der Waals surface area contributed by atoms with Crippen molar-refractivity contribution in [3.05, 3.63) is 36.0 Å². The number of carbonyl (C=O) groups is 2. The van der Waals surface area contributed by atoms with Crippen molar-refractivity contribution in [3.8, 4) is 0 Å². The van der Waals surface area contributed by atoms with Crippen molar-refractivity contribution in [2.45, 2.75) is 57.4 Å². The fourth-order valence-corrected chi connectivity index (χ4v) is 3.54. The van der Waals surface area contributed by atoms with E-state index in [1.165, 1.54) is 37.7 Å². The number of carboxylic acids is 1. The van der Waals surface area contributed by atoms with Crippen molar-refractivity contribution in [3.63, 3.8) is 0 Å². The number of Topliss-reactive ketones (excluding diaryl/α,β-unsaturated/α-hetero) is 1. The van der Waals surface area contributed by atoms with E-state index in [0.29, 0.717) is 5.92 Å². The number of benzene rings is 1. The summed E-state index contributed by atoms with van der Waals surface area (Å²) in [5, 5.41) is 9.82. The van der Waals surface area contributed by atoms with Crippen molar-refractivity contribution < 1.29 is 14.7 Å². The van der Waals surface area contributed by atoms with Gasteiger partial charge in [0.05, 0.1) is 13.0 Å². The summed E-state index contributed by atoms with van der Waals surface area (Å²) in [5.74, 6) is -0.317. The van der Waals surface area contributed by atoms with E-state index in [-0.39, 0.29) is 25.2 Å². The van der Waals surface area contributed by atoms with Crippen molar-refractivity contribution >= 4 is 22.7 Å². The van der Waals surface area contributed by atoms with Crippen LogP contribution in [0.15, 0.2) is 30.5 Å². The number of aromatic nitrogens is 1. The highest BCUT2D eigenvalue weighted by molar-refractivity contribution is 5.86. The summed E-state index contributed by atoms with van der Waals surface area (Å²) in [6.45, 7) is 0.255. The third-order valence-electron chi connectivity index (χ3n) is 4.84. The lowest BCUT2D eigenvalue weighted by atomic mass is 9.84. The van der Waals surface area contributed by atoms with Gasteiger partial charge in [-0.3, -0.25) is 9.59 Å². The minimum atomic E-state index is -0.921. The molecule has 1 heterocycles. The number of fused-ring (bicyclic) bond motifs is 1. The molecule has 0 amide bonds. The molecule has 1 fully saturated rings. The summed E-state index contributed by atoms with van der Waals surface area (Å²) in [5.41, 5.74) is 2.45. The summed E-state index contributed by atoms with van der Waals surface area (Å²) in [7, 11) is 0. The van der Waals surface area contributed by atoms with Crippen LogP contribution in [0.2, 0.25) is 0 Å². The Morgan fingerprint density at radius 3 is 2.61 bits per heavy atom. The van der Waals surface area contributed by atoms with E-state index in [2.05, 4.69) is 18.2 Å². The molecule has 0 aliphatic heterocycles. The van der Waals surface area contributed by atoms with Crippen molar-refractivity contribution in [1.29, 1.82) is 0 Å².